The van der Waals surface area contributed by atoms with Crippen LogP contribution in [0.2, 0.25) is 0 Å². The predicted molar refractivity (Wildman–Crippen MR) is 70.4 cm³/mol. The maximum Gasteiger partial charge on any atom is 0.329 e. The number of carboxylic acid groups (broad SMARTS) is 1. The third-order valence-electron chi connectivity index (χ3n) is 3.92. The molecule has 1 fully saturated rings. The largest absolute Gasteiger partial charge is 0.479 e. The van der Waals surface area contributed by atoms with E-state index in [0.717, 1.165) is 32.1 Å². The Bertz CT molecular complexity index is 293. The van der Waals surface area contributed by atoms with Crippen molar-refractivity contribution in [2.75, 3.05) is 6.54 Å². The lowest BCUT2D eigenvalue weighted by molar-refractivity contribution is -0.160. The molecule has 1 aliphatic carbocycles. The van der Waals surface area contributed by atoms with Crippen molar-refractivity contribution >= 4 is 11.9 Å². The molecule has 0 spiro atoms. The van der Waals surface area contributed by atoms with Gasteiger partial charge in [-0.3, -0.25) is 4.79 Å². The van der Waals surface area contributed by atoms with Crippen LogP contribution in [0.3, 0.4) is 0 Å². The van der Waals surface area contributed by atoms with Gasteiger partial charge in [-0.1, -0.05) is 39.0 Å². The first-order valence-electron chi connectivity index (χ1n) is 7.06. The van der Waals surface area contributed by atoms with E-state index in [0.29, 0.717) is 19.4 Å². The second kappa shape index (κ2) is 6.76. The van der Waals surface area contributed by atoms with Gasteiger partial charge in [-0.25, -0.2) is 4.79 Å². The van der Waals surface area contributed by atoms with Crippen LogP contribution in [0.1, 0.15) is 65.2 Å². The fourth-order valence-electron chi connectivity index (χ4n) is 2.99. The number of aliphatic carboxylic acids is 1. The molecule has 104 valence electrons. The molecule has 1 rings (SSSR count). The molecule has 0 radical (unpaired) electrons. The quantitative estimate of drug-likeness (QED) is 0.840. The molecule has 0 aromatic carbocycles. The van der Waals surface area contributed by atoms with Crippen LogP contribution in [0.25, 0.3) is 0 Å². The van der Waals surface area contributed by atoms with Gasteiger partial charge in [0.05, 0.1) is 0 Å². The van der Waals surface area contributed by atoms with E-state index < -0.39 is 11.5 Å². The zero-order chi connectivity index (χ0) is 13.6. The summed E-state index contributed by atoms with van der Waals surface area (Å²) in [5.74, 6) is -0.937. The lowest BCUT2D eigenvalue weighted by Crippen LogP contribution is -2.57. The van der Waals surface area contributed by atoms with Gasteiger partial charge in [0.1, 0.15) is 5.54 Å². The summed E-state index contributed by atoms with van der Waals surface area (Å²) in [4.78, 5) is 25.2. The lowest BCUT2D eigenvalue weighted by atomic mass is 9.82. The van der Waals surface area contributed by atoms with Gasteiger partial charge in [-0.2, -0.15) is 0 Å². The third-order valence-corrected chi connectivity index (χ3v) is 3.92. The van der Waals surface area contributed by atoms with E-state index in [2.05, 4.69) is 0 Å². The summed E-state index contributed by atoms with van der Waals surface area (Å²) < 4.78 is 0. The molecule has 0 atom stereocenters. The third kappa shape index (κ3) is 3.24. The van der Waals surface area contributed by atoms with Crippen molar-refractivity contribution in [3.63, 3.8) is 0 Å². The Morgan fingerprint density at radius 1 is 1.11 bits per heavy atom. The van der Waals surface area contributed by atoms with Crippen LogP contribution in [0.4, 0.5) is 0 Å². The molecule has 0 bridgehead atoms. The number of hydrogen-bond acceptors (Lipinski definition) is 2. The minimum atomic E-state index is -0.956. The van der Waals surface area contributed by atoms with E-state index in [9.17, 15) is 14.7 Å². The van der Waals surface area contributed by atoms with Gasteiger partial charge in [0, 0.05) is 13.5 Å². The standard InChI is InChI=1S/C14H25NO3/c1-3-11-15(12(2)16)14(13(17)18)9-7-5-4-6-8-10-14/h3-11H2,1-2H3,(H,17,18). The van der Waals surface area contributed by atoms with Gasteiger partial charge in [0.2, 0.25) is 5.91 Å². The van der Waals surface area contributed by atoms with Gasteiger partial charge < -0.3 is 10.0 Å². The summed E-state index contributed by atoms with van der Waals surface area (Å²) in [5.41, 5.74) is -0.956. The summed E-state index contributed by atoms with van der Waals surface area (Å²) in [6.07, 6.45) is 7.14. The Kier molecular flexibility index (Phi) is 5.63. The number of carbonyl (C=O) groups is 2. The number of carboxylic acids is 1. The Morgan fingerprint density at radius 3 is 2.00 bits per heavy atom. The maximum absolute atomic E-state index is 11.8. The van der Waals surface area contributed by atoms with Crippen LogP contribution in [0, 0.1) is 0 Å². The molecule has 1 amide bonds. The topological polar surface area (TPSA) is 57.6 Å². The monoisotopic (exact) mass is 255 g/mol. The van der Waals surface area contributed by atoms with Crippen molar-refractivity contribution in [1.82, 2.24) is 4.90 Å². The molecule has 0 unspecified atom stereocenters. The van der Waals surface area contributed by atoms with E-state index in [4.69, 9.17) is 0 Å². The van der Waals surface area contributed by atoms with Gasteiger partial charge in [-0.05, 0) is 19.3 Å². The Morgan fingerprint density at radius 2 is 1.61 bits per heavy atom. The predicted octanol–water partition coefficient (Wildman–Crippen LogP) is 2.81. The summed E-state index contributed by atoms with van der Waals surface area (Å²) in [5, 5.41) is 9.66. The van der Waals surface area contributed by atoms with Crippen LogP contribution in [-0.4, -0.2) is 34.0 Å². The van der Waals surface area contributed by atoms with Crippen molar-refractivity contribution in [2.45, 2.75) is 70.8 Å². The molecular formula is C14H25NO3. The normalized spacial score (nSPS) is 19.7. The summed E-state index contributed by atoms with van der Waals surface area (Å²) in [7, 11) is 0. The number of carbonyl (C=O) groups excluding carboxylic acids is 1. The number of rotatable bonds is 4. The fraction of sp³-hybridized carbons (Fsp3) is 0.857. The van der Waals surface area contributed by atoms with E-state index in [1.807, 2.05) is 6.92 Å². The molecular weight excluding hydrogens is 230 g/mol. The van der Waals surface area contributed by atoms with Gasteiger partial charge in [0.15, 0.2) is 0 Å². The molecule has 0 aromatic rings. The minimum Gasteiger partial charge on any atom is -0.479 e. The molecule has 4 nitrogen and oxygen atoms in total. The van der Waals surface area contributed by atoms with E-state index >= 15 is 0 Å². The van der Waals surface area contributed by atoms with E-state index in [1.54, 1.807) is 4.90 Å². The SMILES string of the molecule is CCCN(C(C)=O)C1(C(=O)O)CCCCCCC1. The number of amides is 1. The zero-order valence-corrected chi connectivity index (χ0v) is 11.6. The second-order valence-electron chi connectivity index (χ2n) is 5.28. The number of nitrogens with zero attached hydrogens (tertiary/aromatic N) is 1. The second-order valence-corrected chi connectivity index (χ2v) is 5.28. The van der Waals surface area contributed by atoms with Crippen molar-refractivity contribution in [3.8, 4) is 0 Å². The summed E-state index contributed by atoms with van der Waals surface area (Å²) in [6.45, 7) is 4.01. The Labute approximate surface area is 109 Å². The van der Waals surface area contributed by atoms with Crippen LogP contribution in [-0.2, 0) is 9.59 Å². The summed E-state index contributed by atoms with van der Waals surface area (Å²) >= 11 is 0. The van der Waals surface area contributed by atoms with Gasteiger partial charge >= 0.3 is 5.97 Å². The summed E-state index contributed by atoms with van der Waals surface area (Å²) in [6, 6.07) is 0. The molecule has 0 heterocycles. The molecule has 0 aromatic heterocycles. The van der Waals surface area contributed by atoms with Crippen LogP contribution >= 0.6 is 0 Å². The fourth-order valence-corrected chi connectivity index (χ4v) is 2.99. The first kappa shape index (κ1) is 15.0. The van der Waals surface area contributed by atoms with Crippen LogP contribution in [0.5, 0.6) is 0 Å². The van der Waals surface area contributed by atoms with Crippen molar-refractivity contribution in [3.05, 3.63) is 0 Å². The zero-order valence-electron chi connectivity index (χ0n) is 11.6. The van der Waals surface area contributed by atoms with Crippen molar-refractivity contribution in [2.24, 2.45) is 0 Å². The molecule has 0 aliphatic heterocycles. The maximum atomic E-state index is 11.8. The van der Waals surface area contributed by atoms with Gasteiger partial charge in [0.25, 0.3) is 0 Å². The highest BCUT2D eigenvalue weighted by molar-refractivity contribution is 5.86. The average Bonchev–Trinajstić information content (AvgIpc) is 2.26. The average molecular weight is 255 g/mol. The minimum absolute atomic E-state index is 0.111. The molecule has 1 N–H and O–H groups in total. The van der Waals surface area contributed by atoms with Crippen molar-refractivity contribution < 1.29 is 14.7 Å². The Balaban J connectivity index is 3.00. The van der Waals surface area contributed by atoms with Crippen molar-refractivity contribution in [1.29, 1.82) is 0 Å². The molecule has 1 saturated carbocycles. The smallest absolute Gasteiger partial charge is 0.329 e. The van der Waals surface area contributed by atoms with Crippen LogP contribution in [0.15, 0.2) is 0 Å². The number of hydrogen-bond donors (Lipinski definition) is 1. The van der Waals surface area contributed by atoms with E-state index in [-0.39, 0.29) is 5.91 Å². The first-order chi connectivity index (χ1) is 8.54. The van der Waals surface area contributed by atoms with Crippen LogP contribution < -0.4 is 0 Å². The highest BCUT2D eigenvalue weighted by Crippen LogP contribution is 2.32. The molecule has 1 aliphatic rings. The molecule has 0 saturated heterocycles. The highest BCUT2D eigenvalue weighted by atomic mass is 16.4. The van der Waals surface area contributed by atoms with Gasteiger partial charge in [-0.15, -0.1) is 0 Å². The molecule has 18 heavy (non-hydrogen) atoms. The first-order valence-corrected chi connectivity index (χ1v) is 7.06. The Hall–Kier alpha value is -1.06. The molecule has 4 heteroatoms. The lowest BCUT2D eigenvalue weighted by Gasteiger charge is -2.41. The van der Waals surface area contributed by atoms with E-state index in [1.165, 1.54) is 13.3 Å². The highest BCUT2D eigenvalue weighted by Gasteiger charge is 2.44.